The molecule has 1 N–H and O–H groups in total. The minimum absolute atomic E-state index is 0.131. The number of methoxy groups -OCH3 is 1. The molecule has 1 aromatic rings. The molecule has 1 heterocycles. The molecule has 1 fully saturated rings. The van der Waals surface area contributed by atoms with Gasteiger partial charge in [0.15, 0.2) is 5.41 Å². The largest absolute Gasteiger partial charge is 0.495 e. The molecule has 5 nitrogen and oxygen atoms in total. The Kier molecular flexibility index (Phi) is 3.55. The van der Waals surface area contributed by atoms with Gasteiger partial charge in [0.25, 0.3) is 0 Å². The molecular weight excluding hydrogens is 300 g/mol. The quantitative estimate of drug-likeness (QED) is 0.926. The van der Waals surface area contributed by atoms with Gasteiger partial charge in [0, 0.05) is 4.47 Å². The van der Waals surface area contributed by atoms with E-state index in [9.17, 15) is 4.79 Å². The molecule has 0 atom stereocenters. The van der Waals surface area contributed by atoms with Crippen molar-refractivity contribution in [2.45, 2.75) is 0 Å². The number of amides is 1. The van der Waals surface area contributed by atoms with E-state index in [0.717, 1.165) is 4.47 Å². The molecule has 0 radical (unpaired) electrons. The Morgan fingerprint density at radius 2 is 2.33 bits per heavy atom. The second kappa shape index (κ2) is 4.96. The molecule has 6 heteroatoms. The molecule has 94 valence electrons. The normalized spacial score (nSPS) is 16.3. The zero-order valence-electron chi connectivity index (χ0n) is 9.70. The molecule has 1 saturated heterocycles. The van der Waals surface area contributed by atoms with Crippen molar-refractivity contribution < 1.29 is 14.3 Å². The molecule has 1 aliphatic rings. The number of carbonyl (C=O) groups excluding carboxylic acids is 1. The van der Waals surface area contributed by atoms with Crippen LogP contribution in [0.15, 0.2) is 22.7 Å². The van der Waals surface area contributed by atoms with Gasteiger partial charge >= 0.3 is 0 Å². The van der Waals surface area contributed by atoms with Crippen LogP contribution in [0.25, 0.3) is 0 Å². The van der Waals surface area contributed by atoms with Gasteiger partial charge in [0.1, 0.15) is 5.75 Å². The summed E-state index contributed by atoms with van der Waals surface area (Å²) >= 11 is 3.32. The third-order valence-electron chi connectivity index (χ3n) is 2.76. The highest BCUT2D eigenvalue weighted by molar-refractivity contribution is 9.10. The number of hydrogen-bond donors (Lipinski definition) is 1. The summed E-state index contributed by atoms with van der Waals surface area (Å²) in [5.74, 6) is 0.174. The van der Waals surface area contributed by atoms with E-state index in [0.29, 0.717) is 11.4 Å². The van der Waals surface area contributed by atoms with Crippen molar-refractivity contribution in [1.82, 2.24) is 0 Å². The number of nitrogens with zero attached hydrogens (tertiary/aromatic N) is 1. The third kappa shape index (κ3) is 2.19. The van der Waals surface area contributed by atoms with E-state index in [2.05, 4.69) is 21.2 Å². The van der Waals surface area contributed by atoms with Crippen molar-refractivity contribution in [2.24, 2.45) is 5.41 Å². The zero-order chi connectivity index (χ0) is 13.2. The summed E-state index contributed by atoms with van der Waals surface area (Å²) in [7, 11) is 1.52. The summed E-state index contributed by atoms with van der Waals surface area (Å²) < 4.78 is 10.9. The number of carbonyl (C=O) groups is 1. The van der Waals surface area contributed by atoms with E-state index in [4.69, 9.17) is 14.7 Å². The van der Waals surface area contributed by atoms with Crippen LogP contribution in [0.4, 0.5) is 5.69 Å². The molecular formula is C12H11BrN2O3. The highest BCUT2D eigenvalue weighted by Crippen LogP contribution is 2.32. The zero-order valence-corrected chi connectivity index (χ0v) is 11.3. The minimum Gasteiger partial charge on any atom is -0.495 e. The Morgan fingerprint density at radius 3 is 2.83 bits per heavy atom. The smallest absolute Gasteiger partial charge is 0.249 e. The van der Waals surface area contributed by atoms with Crippen LogP contribution in [-0.2, 0) is 9.53 Å². The summed E-state index contributed by atoms with van der Waals surface area (Å²) in [5, 5.41) is 11.7. The lowest BCUT2D eigenvalue weighted by Crippen LogP contribution is -2.50. The fourth-order valence-electron chi connectivity index (χ4n) is 1.57. The van der Waals surface area contributed by atoms with E-state index < -0.39 is 5.41 Å². The Balaban J connectivity index is 2.21. The predicted octanol–water partition coefficient (Wildman–Crippen LogP) is 1.94. The maximum absolute atomic E-state index is 12.0. The number of rotatable bonds is 3. The van der Waals surface area contributed by atoms with E-state index in [1.165, 1.54) is 7.11 Å². The summed E-state index contributed by atoms with van der Waals surface area (Å²) in [4.78, 5) is 12.0. The van der Waals surface area contributed by atoms with Crippen molar-refractivity contribution in [3.63, 3.8) is 0 Å². The van der Waals surface area contributed by atoms with Crippen LogP contribution in [0.1, 0.15) is 0 Å². The number of anilines is 1. The number of halogens is 1. The van der Waals surface area contributed by atoms with Gasteiger partial charge < -0.3 is 14.8 Å². The van der Waals surface area contributed by atoms with E-state index in [1.54, 1.807) is 18.2 Å². The van der Waals surface area contributed by atoms with E-state index in [-0.39, 0.29) is 19.1 Å². The lowest BCUT2D eigenvalue weighted by molar-refractivity contribution is -0.144. The van der Waals surface area contributed by atoms with Crippen molar-refractivity contribution in [2.75, 3.05) is 25.6 Å². The molecule has 1 amide bonds. The Hall–Kier alpha value is -1.58. The Labute approximate surface area is 113 Å². The fourth-order valence-corrected chi connectivity index (χ4v) is 1.93. The molecule has 0 saturated carbocycles. The number of nitrogens with one attached hydrogen (secondary N) is 1. The number of hydrogen-bond acceptors (Lipinski definition) is 4. The van der Waals surface area contributed by atoms with Gasteiger partial charge in [0.05, 0.1) is 32.1 Å². The summed E-state index contributed by atoms with van der Waals surface area (Å²) in [6.45, 7) is 0.261. The predicted molar refractivity (Wildman–Crippen MR) is 68.2 cm³/mol. The SMILES string of the molecule is COc1ccc(Br)cc1NC(=O)C1(C#N)COC1. The molecule has 0 aliphatic carbocycles. The first-order chi connectivity index (χ1) is 8.61. The summed E-state index contributed by atoms with van der Waals surface area (Å²) in [6, 6.07) is 7.26. The standard InChI is InChI=1S/C12H11BrN2O3/c1-17-10-3-2-8(13)4-9(10)15-11(16)12(5-14)6-18-7-12/h2-4H,6-7H2,1H3,(H,15,16). The van der Waals surface area contributed by atoms with Gasteiger partial charge in [-0.25, -0.2) is 0 Å². The van der Waals surface area contributed by atoms with Crippen LogP contribution in [0.5, 0.6) is 5.75 Å². The average Bonchev–Trinajstić information content (AvgIpc) is 2.28. The van der Waals surface area contributed by atoms with Crippen molar-refractivity contribution in [1.29, 1.82) is 5.26 Å². The fraction of sp³-hybridized carbons (Fsp3) is 0.333. The molecule has 0 bridgehead atoms. The van der Waals surface area contributed by atoms with Crippen LogP contribution in [0.2, 0.25) is 0 Å². The van der Waals surface area contributed by atoms with Crippen LogP contribution >= 0.6 is 15.9 Å². The maximum Gasteiger partial charge on any atom is 0.249 e. The molecule has 0 aromatic heterocycles. The molecule has 0 unspecified atom stereocenters. The molecule has 1 aliphatic heterocycles. The number of nitriles is 1. The van der Waals surface area contributed by atoms with Crippen molar-refractivity contribution >= 4 is 27.5 Å². The lowest BCUT2D eigenvalue weighted by atomic mass is 9.87. The average molecular weight is 311 g/mol. The van der Waals surface area contributed by atoms with Gasteiger partial charge in [-0.1, -0.05) is 15.9 Å². The first-order valence-electron chi connectivity index (χ1n) is 5.25. The second-order valence-corrected chi connectivity index (χ2v) is 4.90. The number of benzene rings is 1. The van der Waals surface area contributed by atoms with Gasteiger partial charge in [0.2, 0.25) is 5.91 Å². The van der Waals surface area contributed by atoms with Gasteiger partial charge in [-0.2, -0.15) is 5.26 Å². The molecule has 1 aromatic carbocycles. The first kappa shape index (κ1) is 12.9. The number of ether oxygens (including phenoxy) is 2. The highest BCUT2D eigenvalue weighted by atomic mass is 79.9. The lowest BCUT2D eigenvalue weighted by Gasteiger charge is -2.33. The van der Waals surface area contributed by atoms with E-state index in [1.807, 2.05) is 6.07 Å². The Bertz CT molecular complexity index is 521. The van der Waals surface area contributed by atoms with Gasteiger partial charge in [-0.3, -0.25) is 4.79 Å². The van der Waals surface area contributed by atoms with Gasteiger partial charge in [-0.05, 0) is 18.2 Å². The van der Waals surface area contributed by atoms with E-state index >= 15 is 0 Å². The molecule has 2 rings (SSSR count). The maximum atomic E-state index is 12.0. The highest BCUT2D eigenvalue weighted by Gasteiger charge is 2.46. The van der Waals surface area contributed by atoms with Crippen LogP contribution in [0.3, 0.4) is 0 Å². The van der Waals surface area contributed by atoms with Crippen LogP contribution in [-0.4, -0.2) is 26.2 Å². The third-order valence-corrected chi connectivity index (χ3v) is 3.25. The molecule has 0 spiro atoms. The van der Waals surface area contributed by atoms with Crippen LogP contribution < -0.4 is 10.1 Å². The minimum atomic E-state index is -1.08. The summed E-state index contributed by atoms with van der Waals surface area (Å²) in [6.07, 6.45) is 0. The first-order valence-corrected chi connectivity index (χ1v) is 6.04. The van der Waals surface area contributed by atoms with Crippen molar-refractivity contribution in [3.05, 3.63) is 22.7 Å². The van der Waals surface area contributed by atoms with Crippen molar-refractivity contribution in [3.8, 4) is 11.8 Å². The van der Waals surface area contributed by atoms with Crippen LogP contribution in [0, 0.1) is 16.7 Å². The van der Waals surface area contributed by atoms with Gasteiger partial charge in [-0.15, -0.1) is 0 Å². The molecule has 18 heavy (non-hydrogen) atoms. The Morgan fingerprint density at radius 1 is 1.61 bits per heavy atom. The monoisotopic (exact) mass is 310 g/mol. The summed E-state index contributed by atoms with van der Waals surface area (Å²) in [5.41, 5.74) is -0.550. The second-order valence-electron chi connectivity index (χ2n) is 3.99. The topological polar surface area (TPSA) is 71.3 Å².